The van der Waals surface area contributed by atoms with Crippen LogP contribution in [0.1, 0.15) is 19.8 Å². The lowest BCUT2D eigenvalue weighted by Crippen LogP contribution is -1.99. The maximum absolute atomic E-state index is 5.76. The van der Waals surface area contributed by atoms with Crippen molar-refractivity contribution in [2.24, 2.45) is 10.9 Å². The van der Waals surface area contributed by atoms with Crippen LogP contribution in [-0.4, -0.2) is 12.8 Å². The summed E-state index contributed by atoms with van der Waals surface area (Å²) in [6, 6.07) is 0. The van der Waals surface area contributed by atoms with E-state index in [9.17, 15) is 0 Å². The lowest BCUT2D eigenvalue weighted by Gasteiger charge is -2.05. The molecule has 1 aliphatic rings. The molecule has 0 aromatic rings. The second-order valence-corrected chi connectivity index (χ2v) is 3.03. The predicted octanol–water partition coefficient (Wildman–Crippen LogP) is 2.61. The van der Waals surface area contributed by atoms with Crippen molar-refractivity contribution in [3.05, 3.63) is 11.1 Å². The Morgan fingerprint density at radius 2 is 2.60 bits per heavy atom. The lowest BCUT2D eigenvalue weighted by molar-refractivity contribution is 0.533. The van der Waals surface area contributed by atoms with Crippen LogP contribution < -0.4 is 0 Å². The van der Waals surface area contributed by atoms with Crippen LogP contribution in [0.3, 0.4) is 0 Å². The quantitative estimate of drug-likeness (QED) is 0.555. The van der Waals surface area contributed by atoms with E-state index >= 15 is 0 Å². The van der Waals surface area contributed by atoms with E-state index < -0.39 is 0 Å². The maximum Gasteiger partial charge on any atom is 0.0544 e. The highest BCUT2D eigenvalue weighted by atomic mass is 35.5. The molecule has 1 rings (SSSR count). The van der Waals surface area contributed by atoms with E-state index in [1.165, 1.54) is 6.42 Å². The topological polar surface area (TPSA) is 12.4 Å². The molecule has 0 saturated heterocycles. The van der Waals surface area contributed by atoms with Gasteiger partial charge in [-0.05, 0) is 12.3 Å². The summed E-state index contributed by atoms with van der Waals surface area (Å²) >= 11 is 5.76. The van der Waals surface area contributed by atoms with Crippen molar-refractivity contribution in [1.29, 1.82) is 0 Å². The average Bonchev–Trinajstić information content (AvgIpc) is 2.14. The smallest absolute Gasteiger partial charge is 0.0544 e. The van der Waals surface area contributed by atoms with Gasteiger partial charge in [0.15, 0.2) is 0 Å². The van der Waals surface area contributed by atoms with Gasteiger partial charge in [0.1, 0.15) is 0 Å². The van der Waals surface area contributed by atoms with Crippen LogP contribution in [0.2, 0.25) is 0 Å². The minimum absolute atomic E-state index is 0.701. The number of hydrogen-bond donors (Lipinski definition) is 0. The van der Waals surface area contributed by atoms with Crippen molar-refractivity contribution in [2.45, 2.75) is 19.8 Å². The highest BCUT2D eigenvalue weighted by Crippen LogP contribution is 2.14. The van der Waals surface area contributed by atoms with Gasteiger partial charge in [0.2, 0.25) is 0 Å². The fraction of sp³-hybridized carbons (Fsp3) is 0.625. The molecule has 0 spiro atoms. The third kappa shape index (κ3) is 2.14. The van der Waals surface area contributed by atoms with Gasteiger partial charge in [-0.3, -0.25) is 4.99 Å². The first kappa shape index (κ1) is 7.80. The summed E-state index contributed by atoms with van der Waals surface area (Å²) in [7, 11) is 0. The highest BCUT2D eigenvalue weighted by Gasteiger charge is 2.05. The first-order chi connectivity index (χ1) is 4.83. The molecule has 10 heavy (non-hydrogen) atoms. The normalized spacial score (nSPS) is 25.8. The summed E-state index contributed by atoms with van der Waals surface area (Å²) in [6.45, 7) is 3.12. The summed E-state index contributed by atoms with van der Waals surface area (Å²) in [4.78, 5) is 4.18. The van der Waals surface area contributed by atoms with E-state index in [0.717, 1.165) is 18.0 Å². The molecule has 0 aliphatic carbocycles. The van der Waals surface area contributed by atoms with E-state index in [1.807, 2.05) is 6.08 Å². The Hall–Kier alpha value is -0.300. The van der Waals surface area contributed by atoms with Crippen molar-refractivity contribution in [2.75, 3.05) is 6.54 Å². The number of allylic oxidation sites excluding steroid dienone is 2. The molecular formula is C8H12ClN. The van der Waals surface area contributed by atoms with Crippen LogP contribution in [0.25, 0.3) is 0 Å². The number of hydrogen-bond acceptors (Lipinski definition) is 1. The third-order valence-corrected chi connectivity index (χ3v) is 2.05. The van der Waals surface area contributed by atoms with Crippen molar-refractivity contribution >= 4 is 17.8 Å². The Morgan fingerprint density at radius 1 is 1.80 bits per heavy atom. The molecule has 0 bridgehead atoms. The fourth-order valence-electron chi connectivity index (χ4n) is 0.991. The maximum atomic E-state index is 5.76. The van der Waals surface area contributed by atoms with Gasteiger partial charge in [-0.25, -0.2) is 0 Å². The monoisotopic (exact) mass is 157 g/mol. The Kier molecular flexibility index (Phi) is 2.94. The number of halogens is 1. The first-order valence-electron chi connectivity index (χ1n) is 3.68. The van der Waals surface area contributed by atoms with Crippen LogP contribution >= 0.6 is 11.6 Å². The summed E-state index contributed by atoms with van der Waals surface area (Å²) in [5.41, 5.74) is 0. The third-order valence-electron chi connectivity index (χ3n) is 1.80. The summed E-state index contributed by atoms with van der Waals surface area (Å²) in [5, 5.41) is 0.788. The summed E-state index contributed by atoms with van der Waals surface area (Å²) in [6.07, 6.45) is 6.07. The highest BCUT2D eigenvalue weighted by molar-refractivity contribution is 6.39. The zero-order valence-electron chi connectivity index (χ0n) is 6.18. The predicted molar refractivity (Wildman–Crippen MR) is 45.7 cm³/mol. The zero-order chi connectivity index (χ0) is 7.40. The molecule has 1 heterocycles. The van der Waals surface area contributed by atoms with Crippen molar-refractivity contribution < 1.29 is 0 Å². The van der Waals surface area contributed by atoms with Crippen molar-refractivity contribution in [3.8, 4) is 0 Å². The van der Waals surface area contributed by atoms with Crippen LogP contribution in [0.15, 0.2) is 16.1 Å². The largest absolute Gasteiger partial charge is 0.291 e. The second-order valence-electron chi connectivity index (χ2n) is 2.59. The van der Waals surface area contributed by atoms with Crippen LogP contribution in [0, 0.1) is 5.92 Å². The van der Waals surface area contributed by atoms with Crippen LogP contribution in [-0.2, 0) is 0 Å². The standard InChI is InChI=1S/C8H12ClN/c1-2-7-3-4-8(9)6-10-5-7/h4,6-7H,2-3,5H2,1H3. The molecule has 1 unspecified atom stereocenters. The minimum Gasteiger partial charge on any atom is -0.291 e. The van der Waals surface area contributed by atoms with Gasteiger partial charge in [0.25, 0.3) is 0 Å². The number of rotatable bonds is 1. The summed E-state index contributed by atoms with van der Waals surface area (Å²) in [5.74, 6) is 0.701. The molecule has 1 atom stereocenters. The number of aliphatic imine (C=N–C) groups is 1. The van der Waals surface area contributed by atoms with E-state index in [2.05, 4.69) is 11.9 Å². The molecular weight excluding hydrogens is 146 g/mol. The number of nitrogens with zero attached hydrogens (tertiary/aromatic N) is 1. The van der Waals surface area contributed by atoms with Gasteiger partial charge in [0.05, 0.1) is 5.03 Å². The average molecular weight is 158 g/mol. The van der Waals surface area contributed by atoms with Gasteiger partial charge in [-0.15, -0.1) is 0 Å². The second kappa shape index (κ2) is 3.77. The molecule has 0 N–H and O–H groups in total. The molecule has 1 nitrogen and oxygen atoms in total. The van der Waals surface area contributed by atoms with E-state index in [4.69, 9.17) is 11.6 Å². The van der Waals surface area contributed by atoms with E-state index in [1.54, 1.807) is 6.21 Å². The minimum atomic E-state index is 0.701. The molecule has 0 amide bonds. The molecule has 2 heteroatoms. The van der Waals surface area contributed by atoms with E-state index in [-0.39, 0.29) is 0 Å². The summed E-state index contributed by atoms with van der Waals surface area (Å²) < 4.78 is 0. The van der Waals surface area contributed by atoms with Gasteiger partial charge < -0.3 is 0 Å². The molecule has 0 aromatic heterocycles. The van der Waals surface area contributed by atoms with Gasteiger partial charge in [-0.1, -0.05) is 31.0 Å². The van der Waals surface area contributed by atoms with Crippen molar-refractivity contribution in [3.63, 3.8) is 0 Å². The Morgan fingerprint density at radius 3 is 3.30 bits per heavy atom. The fourth-order valence-corrected chi connectivity index (χ4v) is 1.15. The Labute approximate surface area is 66.8 Å². The molecule has 0 fully saturated rings. The van der Waals surface area contributed by atoms with Crippen LogP contribution in [0.5, 0.6) is 0 Å². The van der Waals surface area contributed by atoms with Gasteiger partial charge >= 0.3 is 0 Å². The molecule has 56 valence electrons. The Bertz CT molecular complexity index is 161. The Balaban J connectivity index is 2.52. The van der Waals surface area contributed by atoms with Crippen LogP contribution in [0.4, 0.5) is 0 Å². The molecule has 0 aromatic carbocycles. The van der Waals surface area contributed by atoms with Gasteiger partial charge in [-0.2, -0.15) is 0 Å². The molecule has 0 radical (unpaired) electrons. The van der Waals surface area contributed by atoms with E-state index in [0.29, 0.717) is 5.92 Å². The first-order valence-corrected chi connectivity index (χ1v) is 4.06. The zero-order valence-corrected chi connectivity index (χ0v) is 6.93. The molecule has 1 aliphatic heterocycles. The van der Waals surface area contributed by atoms with Crippen molar-refractivity contribution in [1.82, 2.24) is 0 Å². The molecule has 0 saturated carbocycles. The lowest BCUT2D eigenvalue weighted by atomic mass is 10.0. The van der Waals surface area contributed by atoms with Gasteiger partial charge in [0, 0.05) is 12.8 Å². The SMILES string of the molecule is CCC1CC=C(Cl)C=NC1.